The Labute approximate surface area is 166 Å². The molecular weight excluding hydrogens is 406 g/mol. The van der Waals surface area contributed by atoms with Crippen molar-refractivity contribution in [3.8, 4) is 22.9 Å². The smallest absolute Gasteiger partial charge is 0.277 e. The molecule has 0 unspecified atom stereocenters. The maximum atomic E-state index is 10.9. The zero-order valence-electron chi connectivity index (χ0n) is 14.0. The summed E-state index contributed by atoms with van der Waals surface area (Å²) in [5, 5.41) is 27.5. The van der Waals surface area contributed by atoms with Crippen LogP contribution in [0, 0.1) is 10.1 Å². The van der Waals surface area contributed by atoms with E-state index in [2.05, 4.69) is 20.4 Å². The van der Waals surface area contributed by atoms with Gasteiger partial charge in [0.1, 0.15) is 0 Å². The summed E-state index contributed by atoms with van der Waals surface area (Å²) in [7, 11) is 0. The van der Waals surface area contributed by atoms with Gasteiger partial charge >= 0.3 is 0 Å². The molecule has 11 heteroatoms. The van der Waals surface area contributed by atoms with Gasteiger partial charge in [-0.25, -0.2) is 0 Å². The van der Waals surface area contributed by atoms with E-state index in [1.807, 2.05) is 12.1 Å². The molecular formula is C17H10ClN5O4S. The van der Waals surface area contributed by atoms with Gasteiger partial charge in [-0.2, -0.15) is 0 Å². The lowest BCUT2D eigenvalue weighted by atomic mass is 10.2. The van der Waals surface area contributed by atoms with Crippen LogP contribution < -0.4 is 0 Å². The number of rotatable bonds is 6. The molecule has 0 aliphatic heterocycles. The normalized spacial score (nSPS) is 10.9. The summed E-state index contributed by atoms with van der Waals surface area (Å²) in [6, 6.07) is 13.1. The molecule has 2 aromatic carbocycles. The van der Waals surface area contributed by atoms with E-state index in [-0.39, 0.29) is 11.6 Å². The zero-order chi connectivity index (χ0) is 19.5. The number of nitro benzene ring substituents is 1. The summed E-state index contributed by atoms with van der Waals surface area (Å²) < 4.78 is 11.2. The second kappa shape index (κ2) is 7.79. The highest BCUT2D eigenvalue weighted by atomic mass is 35.5. The van der Waals surface area contributed by atoms with E-state index in [1.165, 1.54) is 23.9 Å². The summed E-state index contributed by atoms with van der Waals surface area (Å²) in [6.07, 6.45) is 0. The molecule has 0 aliphatic rings. The predicted molar refractivity (Wildman–Crippen MR) is 101 cm³/mol. The Morgan fingerprint density at radius 2 is 1.82 bits per heavy atom. The lowest BCUT2D eigenvalue weighted by Gasteiger charge is -1.96. The fourth-order valence-electron chi connectivity index (χ4n) is 2.32. The van der Waals surface area contributed by atoms with E-state index in [1.54, 1.807) is 24.3 Å². The highest BCUT2D eigenvalue weighted by Crippen LogP contribution is 2.30. The highest BCUT2D eigenvalue weighted by Gasteiger charge is 2.15. The second-order valence-corrected chi connectivity index (χ2v) is 6.78. The number of nitrogens with zero attached hydrogens (tertiary/aromatic N) is 5. The van der Waals surface area contributed by atoms with Gasteiger partial charge in [0, 0.05) is 17.7 Å². The van der Waals surface area contributed by atoms with Gasteiger partial charge in [0.25, 0.3) is 10.9 Å². The fourth-order valence-corrected chi connectivity index (χ4v) is 3.13. The maximum Gasteiger partial charge on any atom is 0.277 e. The summed E-state index contributed by atoms with van der Waals surface area (Å²) in [5.41, 5.74) is 1.07. The van der Waals surface area contributed by atoms with Gasteiger partial charge in [-0.3, -0.25) is 10.1 Å². The lowest BCUT2D eigenvalue weighted by Crippen LogP contribution is -1.88. The number of aromatic nitrogens is 4. The molecule has 0 bridgehead atoms. The van der Waals surface area contributed by atoms with E-state index in [0.29, 0.717) is 38.9 Å². The van der Waals surface area contributed by atoms with Crippen LogP contribution in [0.25, 0.3) is 22.9 Å². The van der Waals surface area contributed by atoms with Crippen LogP contribution in [0.2, 0.25) is 5.02 Å². The van der Waals surface area contributed by atoms with Crippen molar-refractivity contribution in [3.63, 3.8) is 0 Å². The molecule has 0 radical (unpaired) electrons. The quantitative estimate of drug-likeness (QED) is 0.251. The molecule has 0 atom stereocenters. The van der Waals surface area contributed by atoms with Gasteiger partial charge < -0.3 is 8.83 Å². The number of thioether (sulfide) groups is 1. The topological polar surface area (TPSA) is 121 Å². The Kier molecular flexibility index (Phi) is 5.04. The number of benzene rings is 2. The molecule has 0 saturated heterocycles. The standard InChI is InChI=1S/C17H10ClN5O4S/c18-13-7-2-1-6-12(13)16-21-22-17(27-16)28-9-14-19-20-15(26-14)10-4-3-5-11(8-10)23(24)25/h1-8H,9H2. The van der Waals surface area contributed by atoms with Crippen molar-refractivity contribution in [1.29, 1.82) is 0 Å². The summed E-state index contributed by atoms with van der Waals surface area (Å²) in [5.74, 6) is 1.13. The van der Waals surface area contributed by atoms with Crippen molar-refractivity contribution in [3.05, 3.63) is 69.6 Å². The van der Waals surface area contributed by atoms with Gasteiger partial charge in [-0.15, -0.1) is 20.4 Å². The Balaban J connectivity index is 1.45. The number of non-ortho nitro benzene ring substituents is 1. The first-order valence-corrected chi connectivity index (χ1v) is 9.25. The molecule has 4 rings (SSSR count). The number of hydrogen-bond acceptors (Lipinski definition) is 9. The third-order valence-electron chi connectivity index (χ3n) is 3.60. The van der Waals surface area contributed by atoms with E-state index >= 15 is 0 Å². The van der Waals surface area contributed by atoms with Crippen LogP contribution in [0.3, 0.4) is 0 Å². The van der Waals surface area contributed by atoms with Crippen molar-refractivity contribution in [1.82, 2.24) is 20.4 Å². The average Bonchev–Trinajstić information content (AvgIpc) is 3.36. The van der Waals surface area contributed by atoms with Gasteiger partial charge in [0.05, 0.1) is 21.3 Å². The van der Waals surface area contributed by atoms with Crippen LogP contribution in [-0.4, -0.2) is 25.3 Å². The summed E-state index contributed by atoms with van der Waals surface area (Å²) in [6.45, 7) is 0. The minimum atomic E-state index is -0.483. The van der Waals surface area contributed by atoms with Crippen molar-refractivity contribution in [2.75, 3.05) is 0 Å². The Bertz CT molecular complexity index is 1150. The minimum absolute atomic E-state index is 0.0513. The van der Waals surface area contributed by atoms with Gasteiger partial charge in [0.15, 0.2) is 0 Å². The third kappa shape index (κ3) is 3.87. The fraction of sp³-hybridized carbons (Fsp3) is 0.0588. The highest BCUT2D eigenvalue weighted by molar-refractivity contribution is 7.98. The van der Waals surface area contributed by atoms with Gasteiger partial charge in [-0.1, -0.05) is 41.6 Å². The van der Waals surface area contributed by atoms with Crippen LogP contribution in [0.1, 0.15) is 5.89 Å². The molecule has 28 heavy (non-hydrogen) atoms. The lowest BCUT2D eigenvalue weighted by molar-refractivity contribution is -0.384. The predicted octanol–water partition coefficient (Wildman–Crippen LogP) is 4.64. The largest absolute Gasteiger partial charge is 0.420 e. The van der Waals surface area contributed by atoms with Crippen molar-refractivity contribution in [2.45, 2.75) is 11.0 Å². The molecule has 2 heterocycles. The molecule has 0 N–H and O–H groups in total. The second-order valence-electron chi connectivity index (χ2n) is 5.45. The van der Waals surface area contributed by atoms with Crippen LogP contribution in [-0.2, 0) is 5.75 Å². The van der Waals surface area contributed by atoms with Crippen molar-refractivity contribution >= 4 is 29.1 Å². The average molecular weight is 416 g/mol. The van der Waals surface area contributed by atoms with Crippen LogP contribution in [0.4, 0.5) is 5.69 Å². The van der Waals surface area contributed by atoms with Crippen molar-refractivity contribution < 1.29 is 13.8 Å². The van der Waals surface area contributed by atoms with Crippen molar-refractivity contribution in [2.24, 2.45) is 0 Å². The first kappa shape index (κ1) is 18.1. The third-order valence-corrected chi connectivity index (χ3v) is 4.73. The Morgan fingerprint density at radius 1 is 1.00 bits per heavy atom. The van der Waals surface area contributed by atoms with E-state index in [0.717, 1.165) is 0 Å². The van der Waals surface area contributed by atoms with Crippen LogP contribution in [0.5, 0.6) is 0 Å². The Morgan fingerprint density at radius 3 is 2.64 bits per heavy atom. The van der Waals surface area contributed by atoms with Crippen LogP contribution >= 0.6 is 23.4 Å². The molecule has 0 aliphatic carbocycles. The summed E-state index contributed by atoms with van der Waals surface area (Å²) in [4.78, 5) is 10.4. The molecule has 140 valence electrons. The van der Waals surface area contributed by atoms with E-state index < -0.39 is 4.92 Å². The maximum absolute atomic E-state index is 10.9. The zero-order valence-corrected chi connectivity index (χ0v) is 15.6. The van der Waals surface area contributed by atoms with E-state index in [4.69, 9.17) is 20.4 Å². The number of hydrogen-bond donors (Lipinski definition) is 0. The molecule has 0 amide bonds. The SMILES string of the molecule is O=[N+]([O-])c1cccc(-c2nnc(CSc3nnc(-c4ccccc4Cl)o3)o2)c1. The Hall–Kier alpha value is -3.24. The molecule has 0 saturated carbocycles. The summed E-state index contributed by atoms with van der Waals surface area (Å²) >= 11 is 7.35. The van der Waals surface area contributed by atoms with Crippen LogP contribution in [0.15, 0.2) is 62.6 Å². The molecule has 0 fully saturated rings. The van der Waals surface area contributed by atoms with Gasteiger partial charge in [-0.05, 0) is 18.2 Å². The first-order chi connectivity index (χ1) is 13.6. The molecule has 4 aromatic rings. The molecule has 0 spiro atoms. The van der Waals surface area contributed by atoms with Gasteiger partial charge in [0.2, 0.25) is 17.7 Å². The first-order valence-electron chi connectivity index (χ1n) is 7.88. The minimum Gasteiger partial charge on any atom is -0.420 e. The van der Waals surface area contributed by atoms with E-state index in [9.17, 15) is 10.1 Å². The molecule has 2 aromatic heterocycles. The number of halogens is 1. The monoisotopic (exact) mass is 415 g/mol. The number of nitro groups is 1. The molecule has 9 nitrogen and oxygen atoms in total.